The van der Waals surface area contributed by atoms with E-state index < -0.39 is 0 Å². The third-order valence-electron chi connectivity index (χ3n) is 4.34. The molecule has 0 fully saturated rings. The second kappa shape index (κ2) is 8.43. The largest absolute Gasteiger partial charge is 0.354 e. The summed E-state index contributed by atoms with van der Waals surface area (Å²) < 4.78 is 4.15. The lowest BCUT2D eigenvalue weighted by atomic mass is 10.1. The monoisotopic (exact) mass is 383 g/mol. The van der Waals surface area contributed by atoms with Crippen molar-refractivity contribution in [2.24, 2.45) is 7.05 Å². The molecule has 3 aromatic rings. The number of benzene rings is 1. The summed E-state index contributed by atoms with van der Waals surface area (Å²) in [6.45, 7) is 6.89. The molecule has 6 nitrogen and oxygen atoms in total. The highest BCUT2D eigenvalue weighted by Gasteiger charge is 2.14. The molecular formula is C20H25N5OS. The highest BCUT2D eigenvalue weighted by molar-refractivity contribution is 7.99. The SMILES string of the molecule is CCn1c(Cc2cccn2C)nnc1SCC(=O)Nc1cc(C)cc(C)c1. The maximum atomic E-state index is 12.3. The van der Waals surface area contributed by atoms with E-state index in [-0.39, 0.29) is 5.91 Å². The maximum Gasteiger partial charge on any atom is 0.234 e. The van der Waals surface area contributed by atoms with Gasteiger partial charge in [-0.25, -0.2) is 0 Å². The van der Waals surface area contributed by atoms with E-state index in [1.807, 2.05) is 45.3 Å². The zero-order valence-electron chi connectivity index (χ0n) is 16.2. The predicted molar refractivity (Wildman–Crippen MR) is 109 cm³/mol. The molecule has 0 atom stereocenters. The maximum absolute atomic E-state index is 12.3. The summed E-state index contributed by atoms with van der Waals surface area (Å²) in [7, 11) is 2.02. The van der Waals surface area contributed by atoms with Gasteiger partial charge in [0.15, 0.2) is 5.16 Å². The Morgan fingerprint density at radius 2 is 1.93 bits per heavy atom. The van der Waals surface area contributed by atoms with Crippen LogP contribution >= 0.6 is 11.8 Å². The van der Waals surface area contributed by atoms with Crippen LogP contribution in [0.4, 0.5) is 5.69 Å². The molecule has 1 amide bonds. The number of rotatable bonds is 7. The van der Waals surface area contributed by atoms with Gasteiger partial charge < -0.3 is 14.5 Å². The number of amides is 1. The second-order valence-electron chi connectivity index (χ2n) is 6.64. The lowest BCUT2D eigenvalue weighted by Gasteiger charge is -2.09. The van der Waals surface area contributed by atoms with Gasteiger partial charge in [0, 0.05) is 37.6 Å². The molecule has 3 rings (SSSR count). The van der Waals surface area contributed by atoms with Crippen molar-refractivity contribution in [2.75, 3.05) is 11.1 Å². The quantitative estimate of drug-likeness (QED) is 0.634. The summed E-state index contributed by atoms with van der Waals surface area (Å²) >= 11 is 1.42. The third-order valence-corrected chi connectivity index (χ3v) is 5.30. The molecule has 0 saturated heterocycles. The number of carbonyl (C=O) groups excluding carboxylic acids is 1. The summed E-state index contributed by atoms with van der Waals surface area (Å²) in [5, 5.41) is 12.4. The van der Waals surface area contributed by atoms with Crippen molar-refractivity contribution < 1.29 is 4.79 Å². The fraction of sp³-hybridized carbons (Fsp3) is 0.350. The molecule has 0 aliphatic rings. The van der Waals surface area contributed by atoms with E-state index in [0.717, 1.165) is 40.8 Å². The summed E-state index contributed by atoms with van der Waals surface area (Å²) in [6, 6.07) is 10.1. The van der Waals surface area contributed by atoms with Gasteiger partial charge in [0.2, 0.25) is 5.91 Å². The molecule has 1 aromatic carbocycles. The van der Waals surface area contributed by atoms with E-state index in [9.17, 15) is 4.79 Å². The van der Waals surface area contributed by atoms with Crippen LogP contribution in [0.15, 0.2) is 41.7 Å². The van der Waals surface area contributed by atoms with Crippen molar-refractivity contribution in [1.82, 2.24) is 19.3 Å². The van der Waals surface area contributed by atoms with Crippen molar-refractivity contribution in [3.8, 4) is 0 Å². The molecular weight excluding hydrogens is 358 g/mol. The number of aromatic nitrogens is 4. The van der Waals surface area contributed by atoms with Crippen molar-refractivity contribution in [2.45, 2.75) is 38.9 Å². The van der Waals surface area contributed by atoms with Crippen molar-refractivity contribution in [1.29, 1.82) is 0 Å². The Balaban J connectivity index is 1.63. The van der Waals surface area contributed by atoms with Crippen LogP contribution in [-0.4, -0.2) is 31.0 Å². The molecule has 7 heteroatoms. The van der Waals surface area contributed by atoms with Gasteiger partial charge in [-0.3, -0.25) is 4.79 Å². The Labute approximate surface area is 164 Å². The zero-order chi connectivity index (χ0) is 19.4. The van der Waals surface area contributed by atoms with Gasteiger partial charge >= 0.3 is 0 Å². The van der Waals surface area contributed by atoms with E-state index >= 15 is 0 Å². The first kappa shape index (κ1) is 19.2. The number of carbonyl (C=O) groups is 1. The van der Waals surface area contributed by atoms with Crippen LogP contribution in [0.25, 0.3) is 0 Å². The average molecular weight is 384 g/mol. The number of aryl methyl sites for hydroxylation is 3. The Kier molecular flexibility index (Phi) is 6.01. The van der Waals surface area contributed by atoms with Gasteiger partial charge in [-0.1, -0.05) is 17.8 Å². The van der Waals surface area contributed by atoms with Crippen LogP contribution < -0.4 is 5.32 Å². The highest BCUT2D eigenvalue weighted by Crippen LogP contribution is 2.20. The molecule has 0 spiro atoms. The molecule has 0 saturated carbocycles. The van der Waals surface area contributed by atoms with Gasteiger partial charge in [-0.15, -0.1) is 10.2 Å². The predicted octanol–water partition coefficient (Wildman–Crippen LogP) is 3.57. The topological polar surface area (TPSA) is 64.7 Å². The van der Waals surface area contributed by atoms with Crippen LogP contribution in [-0.2, 0) is 24.8 Å². The Hall–Kier alpha value is -2.54. The fourth-order valence-corrected chi connectivity index (χ4v) is 3.91. The third kappa shape index (κ3) is 4.80. The van der Waals surface area contributed by atoms with Crippen LogP contribution in [0.1, 0.15) is 29.6 Å². The molecule has 2 aromatic heterocycles. The lowest BCUT2D eigenvalue weighted by Crippen LogP contribution is -2.15. The molecule has 142 valence electrons. The molecule has 0 radical (unpaired) electrons. The van der Waals surface area contributed by atoms with Crippen LogP contribution in [0.3, 0.4) is 0 Å². The fourth-order valence-electron chi connectivity index (χ4n) is 3.09. The minimum atomic E-state index is -0.0420. The average Bonchev–Trinajstić information content (AvgIpc) is 3.18. The Morgan fingerprint density at radius 1 is 1.19 bits per heavy atom. The molecule has 2 heterocycles. The zero-order valence-corrected chi connectivity index (χ0v) is 17.0. The van der Waals surface area contributed by atoms with Crippen molar-refractivity contribution in [3.05, 3.63) is 59.2 Å². The van der Waals surface area contributed by atoms with Crippen molar-refractivity contribution >= 4 is 23.4 Å². The van der Waals surface area contributed by atoms with Crippen molar-refractivity contribution in [3.63, 3.8) is 0 Å². The van der Waals surface area contributed by atoms with Crippen LogP contribution in [0.2, 0.25) is 0 Å². The highest BCUT2D eigenvalue weighted by atomic mass is 32.2. The molecule has 0 aliphatic heterocycles. The summed E-state index contributed by atoms with van der Waals surface area (Å²) in [5.41, 5.74) is 4.28. The number of hydrogen-bond acceptors (Lipinski definition) is 4. The van der Waals surface area contributed by atoms with E-state index in [2.05, 4.69) is 43.7 Å². The number of thioether (sulfide) groups is 1. The minimum absolute atomic E-state index is 0.0420. The van der Waals surface area contributed by atoms with Gasteiger partial charge in [0.25, 0.3) is 0 Å². The molecule has 0 aliphatic carbocycles. The first-order chi connectivity index (χ1) is 13.0. The van der Waals surface area contributed by atoms with Gasteiger partial charge in [-0.05, 0) is 56.2 Å². The number of anilines is 1. The summed E-state index contributed by atoms with van der Waals surface area (Å²) in [4.78, 5) is 12.3. The van der Waals surface area contributed by atoms with Crippen LogP contribution in [0.5, 0.6) is 0 Å². The van der Waals surface area contributed by atoms with Gasteiger partial charge in [0.05, 0.1) is 5.75 Å². The molecule has 0 unspecified atom stereocenters. The smallest absolute Gasteiger partial charge is 0.234 e. The van der Waals surface area contributed by atoms with Gasteiger partial charge in [-0.2, -0.15) is 0 Å². The summed E-state index contributed by atoms with van der Waals surface area (Å²) in [5.74, 6) is 1.17. The first-order valence-electron chi connectivity index (χ1n) is 8.99. The van der Waals surface area contributed by atoms with E-state index in [0.29, 0.717) is 5.75 Å². The standard InChI is InChI=1S/C20H25N5OS/c1-5-25-18(12-17-7-6-8-24(17)4)22-23-20(25)27-13-19(26)21-16-10-14(2)9-15(3)11-16/h6-11H,5,12-13H2,1-4H3,(H,21,26). The Morgan fingerprint density at radius 3 is 2.56 bits per heavy atom. The normalized spacial score (nSPS) is 11.0. The minimum Gasteiger partial charge on any atom is -0.354 e. The molecule has 1 N–H and O–H groups in total. The number of hydrogen-bond donors (Lipinski definition) is 1. The second-order valence-corrected chi connectivity index (χ2v) is 7.59. The van der Waals surface area contributed by atoms with Gasteiger partial charge in [0.1, 0.15) is 5.82 Å². The Bertz CT molecular complexity index is 924. The van der Waals surface area contributed by atoms with E-state index in [1.54, 1.807) is 0 Å². The first-order valence-corrected chi connectivity index (χ1v) is 9.98. The van der Waals surface area contributed by atoms with Crippen LogP contribution in [0, 0.1) is 13.8 Å². The molecule has 0 bridgehead atoms. The van der Waals surface area contributed by atoms with E-state index in [4.69, 9.17) is 0 Å². The summed E-state index contributed by atoms with van der Waals surface area (Å²) in [6.07, 6.45) is 2.74. The van der Waals surface area contributed by atoms with E-state index in [1.165, 1.54) is 17.5 Å². The molecule has 27 heavy (non-hydrogen) atoms. The number of nitrogens with one attached hydrogen (secondary N) is 1. The number of nitrogens with zero attached hydrogens (tertiary/aromatic N) is 4. The lowest BCUT2D eigenvalue weighted by molar-refractivity contribution is -0.113.